The first-order chi connectivity index (χ1) is 8.10. The Labute approximate surface area is 99.2 Å². The van der Waals surface area contributed by atoms with Gasteiger partial charge in [0.1, 0.15) is 17.4 Å². The fourth-order valence-corrected chi connectivity index (χ4v) is 1.41. The molecule has 0 unspecified atom stereocenters. The molecule has 3 N–H and O–H groups in total. The van der Waals surface area contributed by atoms with Crippen molar-refractivity contribution in [2.45, 2.75) is 25.8 Å². The molecule has 1 aromatic rings. The summed E-state index contributed by atoms with van der Waals surface area (Å²) >= 11 is 0. The Bertz CT molecular complexity index is 454. The third-order valence-corrected chi connectivity index (χ3v) is 2.32. The van der Waals surface area contributed by atoms with Crippen LogP contribution in [0.15, 0.2) is 18.2 Å². The summed E-state index contributed by atoms with van der Waals surface area (Å²) in [7, 11) is 0. The van der Waals surface area contributed by atoms with E-state index >= 15 is 0 Å². The SMILES string of the molecule is CCC[C@H](N)C(=O)Nc1cccc(F)c1C#N. The van der Waals surface area contributed by atoms with E-state index in [1.807, 2.05) is 6.92 Å². The monoisotopic (exact) mass is 235 g/mol. The van der Waals surface area contributed by atoms with E-state index in [-0.39, 0.29) is 11.3 Å². The van der Waals surface area contributed by atoms with Gasteiger partial charge in [-0.05, 0) is 18.6 Å². The van der Waals surface area contributed by atoms with Gasteiger partial charge in [-0.25, -0.2) is 4.39 Å². The average Bonchev–Trinajstić information content (AvgIpc) is 2.29. The average molecular weight is 235 g/mol. The highest BCUT2D eigenvalue weighted by Crippen LogP contribution is 2.17. The molecule has 5 heteroatoms. The lowest BCUT2D eigenvalue weighted by Crippen LogP contribution is -2.35. The van der Waals surface area contributed by atoms with Crippen LogP contribution in [0.2, 0.25) is 0 Å². The van der Waals surface area contributed by atoms with Crippen LogP contribution in [-0.2, 0) is 4.79 Å². The lowest BCUT2D eigenvalue weighted by Gasteiger charge is -2.12. The first kappa shape index (κ1) is 13.1. The molecular formula is C12H14FN3O. The normalized spacial score (nSPS) is 11.6. The molecule has 1 aromatic carbocycles. The number of nitrogens with zero attached hydrogens (tertiary/aromatic N) is 1. The van der Waals surface area contributed by atoms with E-state index in [2.05, 4.69) is 5.32 Å². The summed E-state index contributed by atoms with van der Waals surface area (Å²) in [6.07, 6.45) is 1.33. The second-order valence-corrected chi connectivity index (χ2v) is 3.66. The molecule has 0 heterocycles. The third-order valence-electron chi connectivity index (χ3n) is 2.32. The van der Waals surface area contributed by atoms with Crippen LogP contribution in [0.1, 0.15) is 25.3 Å². The van der Waals surface area contributed by atoms with Gasteiger partial charge in [0.2, 0.25) is 5.91 Å². The highest BCUT2D eigenvalue weighted by Gasteiger charge is 2.15. The van der Waals surface area contributed by atoms with Crippen LogP contribution in [0.4, 0.5) is 10.1 Å². The molecule has 17 heavy (non-hydrogen) atoms. The van der Waals surface area contributed by atoms with Crippen molar-refractivity contribution in [3.63, 3.8) is 0 Å². The first-order valence-corrected chi connectivity index (χ1v) is 5.35. The Morgan fingerprint density at radius 1 is 1.65 bits per heavy atom. The molecule has 1 amide bonds. The van der Waals surface area contributed by atoms with Crippen molar-refractivity contribution in [3.05, 3.63) is 29.6 Å². The maximum atomic E-state index is 13.2. The smallest absolute Gasteiger partial charge is 0.241 e. The largest absolute Gasteiger partial charge is 0.323 e. The van der Waals surface area contributed by atoms with Crippen LogP contribution in [0.25, 0.3) is 0 Å². The van der Waals surface area contributed by atoms with Crippen molar-refractivity contribution in [2.75, 3.05) is 5.32 Å². The van der Waals surface area contributed by atoms with E-state index in [4.69, 9.17) is 11.0 Å². The minimum Gasteiger partial charge on any atom is -0.323 e. The molecule has 0 spiro atoms. The molecule has 0 aliphatic heterocycles. The minimum atomic E-state index is -0.658. The van der Waals surface area contributed by atoms with Crippen LogP contribution >= 0.6 is 0 Å². The molecule has 0 bridgehead atoms. The molecule has 0 aliphatic carbocycles. The molecule has 0 saturated heterocycles. The van der Waals surface area contributed by atoms with Gasteiger partial charge < -0.3 is 11.1 Å². The Morgan fingerprint density at radius 3 is 2.94 bits per heavy atom. The highest BCUT2D eigenvalue weighted by atomic mass is 19.1. The number of carbonyl (C=O) groups excluding carboxylic acids is 1. The number of carbonyl (C=O) groups is 1. The zero-order valence-corrected chi connectivity index (χ0v) is 9.53. The fraction of sp³-hybridized carbons (Fsp3) is 0.333. The predicted octanol–water partition coefficient (Wildman–Crippen LogP) is 1.76. The molecule has 90 valence electrons. The van der Waals surface area contributed by atoms with Crippen LogP contribution in [0, 0.1) is 17.1 Å². The van der Waals surface area contributed by atoms with E-state index in [0.29, 0.717) is 6.42 Å². The number of nitriles is 1. The Morgan fingerprint density at radius 2 is 2.35 bits per heavy atom. The third kappa shape index (κ3) is 3.26. The first-order valence-electron chi connectivity index (χ1n) is 5.35. The Balaban J connectivity index is 2.86. The van der Waals surface area contributed by atoms with Crippen LogP contribution in [0.3, 0.4) is 0 Å². The fourth-order valence-electron chi connectivity index (χ4n) is 1.41. The molecule has 1 rings (SSSR count). The van der Waals surface area contributed by atoms with Gasteiger partial charge in [-0.3, -0.25) is 4.79 Å². The van der Waals surface area contributed by atoms with Gasteiger partial charge in [-0.15, -0.1) is 0 Å². The second-order valence-electron chi connectivity index (χ2n) is 3.66. The summed E-state index contributed by atoms with van der Waals surface area (Å²) in [5, 5.41) is 11.2. The number of benzene rings is 1. The lowest BCUT2D eigenvalue weighted by atomic mass is 10.1. The van der Waals surface area contributed by atoms with Crippen molar-refractivity contribution in [3.8, 4) is 6.07 Å². The predicted molar refractivity (Wildman–Crippen MR) is 62.6 cm³/mol. The van der Waals surface area contributed by atoms with Crippen molar-refractivity contribution >= 4 is 11.6 Å². The zero-order chi connectivity index (χ0) is 12.8. The van der Waals surface area contributed by atoms with E-state index in [1.54, 1.807) is 6.07 Å². The van der Waals surface area contributed by atoms with Gasteiger partial charge in [0.05, 0.1) is 11.7 Å². The summed E-state index contributed by atoms with van der Waals surface area (Å²) in [4.78, 5) is 11.6. The number of hydrogen-bond donors (Lipinski definition) is 2. The van der Waals surface area contributed by atoms with Crippen LogP contribution in [-0.4, -0.2) is 11.9 Å². The maximum absolute atomic E-state index is 13.2. The van der Waals surface area contributed by atoms with Gasteiger partial charge >= 0.3 is 0 Å². The van der Waals surface area contributed by atoms with Crippen molar-refractivity contribution in [1.29, 1.82) is 5.26 Å². The topological polar surface area (TPSA) is 78.9 Å². The van der Waals surface area contributed by atoms with Gasteiger partial charge in [0.15, 0.2) is 0 Å². The van der Waals surface area contributed by atoms with Crippen LogP contribution in [0.5, 0.6) is 0 Å². The Hall–Kier alpha value is -1.93. The van der Waals surface area contributed by atoms with E-state index < -0.39 is 17.8 Å². The number of anilines is 1. The maximum Gasteiger partial charge on any atom is 0.241 e. The van der Waals surface area contributed by atoms with Gasteiger partial charge in [-0.2, -0.15) is 5.26 Å². The second kappa shape index (κ2) is 5.97. The summed E-state index contributed by atoms with van der Waals surface area (Å²) in [6.45, 7) is 1.91. The summed E-state index contributed by atoms with van der Waals surface area (Å²) in [5.41, 5.74) is 5.60. The summed E-state index contributed by atoms with van der Waals surface area (Å²) < 4.78 is 13.2. The number of halogens is 1. The number of nitrogens with two attached hydrogens (primary N) is 1. The molecule has 0 fully saturated rings. The van der Waals surface area contributed by atoms with E-state index in [1.165, 1.54) is 18.2 Å². The molecular weight excluding hydrogens is 221 g/mol. The van der Waals surface area contributed by atoms with E-state index in [0.717, 1.165) is 6.42 Å². The molecule has 0 saturated carbocycles. The summed E-state index contributed by atoms with van der Waals surface area (Å²) in [6, 6.07) is 5.13. The Kier molecular flexibility index (Phi) is 4.61. The number of amides is 1. The van der Waals surface area contributed by atoms with Crippen molar-refractivity contribution < 1.29 is 9.18 Å². The number of nitrogens with one attached hydrogen (secondary N) is 1. The summed E-state index contributed by atoms with van der Waals surface area (Å²) in [5.74, 6) is -1.07. The van der Waals surface area contributed by atoms with Gasteiger partial charge in [0, 0.05) is 0 Å². The van der Waals surface area contributed by atoms with Gasteiger partial charge in [-0.1, -0.05) is 19.4 Å². The number of hydrogen-bond acceptors (Lipinski definition) is 3. The van der Waals surface area contributed by atoms with Crippen LogP contribution < -0.4 is 11.1 Å². The van der Waals surface area contributed by atoms with Gasteiger partial charge in [0.25, 0.3) is 0 Å². The molecule has 0 aromatic heterocycles. The van der Waals surface area contributed by atoms with Crippen molar-refractivity contribution in [1.82, 2.24) is 0 Å². The molecule has 4 nitrogen and oxygen atoms in total. The van der Waals surface area contributed by atoms with Crippen molar-refractivity contribution in [2.24, 2.45) is 5.73 Å². The molecule has 0 radical (unpaired) electrons. The molecule has 1 atom stereocenters. The molecule has 0 aliphatic rings. The minimum absolute atomic E-state index is 0.157. The zero-order valence-electron chi connectivity index (χ0n) is 9.53. The lowest BCUT2D eigenvalue weighted by molar-refractivity contribution is -0.117. The standard InChI is InChI=1S/C12H14FN3O/c1-2-4-10(15)12(17)16-11-6-3-5-9(13)8(11)7-14/h3,5-6,10H,2,4,15H2,1H3,(H,16,17)/t10-/m0/s1. The highest BCUT2D eigenvalue weighted by molar-refractivity contribution is 5.95. The quantitative estimate of drug-likeness (QED) is 0.834. The number of rotatable bonds is 4. The van der Waals surface area contributed by atoms with E-state index in [9.17, 15) is 9.18 Å².